The minimum Gasteiger partial charge on any atom is -0.371 e. The molecule has 0 aromatic heterocycles. The molecule has 0 N–H and O–H groups in total. The SMILES string of the molecule is CCN(CCC(=O)C(C)(C)OC)c1cccc(F)c1. The summed E-state index contributed by atoms with van der Waals surface area (Å²) in [6.07, 6.45) is 0.380. The van der Waals surface area contributed by atoms with Gasteiger partial charge in [0.05, 0.1) is 0 Å². The summed E-state index contributed by atoms with van der Waals surface area (Å²) in [6.45, 7) is 6.79. The summed E-state index contributed by atoms with van der Waals surface area (Å²) in [5, 5.41) is 0. The molecular formula is C15H22FNO2. The number of ketones is 1. The highest BCUT2D eigenvalue weighted by molar-refractivity contribution is 5.86. The lowest BCUT2D eigenvalue weighted by Crippen LogP contribution is -2.36. The van der Waals surface area contributed by atoms with Gasteiger partial charge in [0, 0.05) is 32.3 Å². The number of methoxy groups -OCH3 is 1. The molecule has 3 nitrogen and oxygen atoms in total. The maximum Gasteiger partial charge on any atom is 0.165 e. The zero-order valence-electron chi connectivity index (χ0n) is 12.1. The van der Waals surface area contributed by atoms with Crippen LogP contribution in [0, 0.1) is 5.82 Å². The van der Waals surface area contributed by atoms with Gasteiger partial charge < -0.3 is 9.64 Å². The van der Waals surface area contributed by atoms with Crippen LogP contribution in [0.25, 0.3) is 0 Å². The number of nitrogens with zero attached hydrogens (tertiary/aromatic N) is 1. The topological polar surface area (TPSA) is 29.5 Å². The van der Waals surface area contributed by atoms with Crippen molar-refractivity contribution in [1.82, 2.24) is 0 Å². The zero-order chi connectivity index (χ0) is 14.5. The van der Waals surface area contributed by atoms with Crippen LogP contribution >= 0.6 is 0 Å². The summed E-state index contributed by atoms with van der Waals surface area (Å²) < 4.78 is 18.4. The van der Waals surface area contributed by atoms with Crippen LogP contribution in [0.2, 0.25) is 0 Å². The Labute approximate surface area is 114 Å². The third-order valence-electron chi connectivity index (χ3n) is 3.35. The normalized spacial score (nSPS) is 11.4. The van der Waals surface area contributed by atoms with Crippen molar-refractivity contribution in [2.45, 2.75) is 32.8 Å². The van der Waals surface area contributed by atoms with Crippen LogP contribution in [-0.2, 0) is 9.53 Å². The van der Waals surface area contributed by atoms with Gasteiger partial charge in [0.25, 0.3) is 0 Å². The predicted molar refractivity (Wildman–Crippen MR) is 75.0 cm³/mol. The third-order valence-corrected chi connectivity index (χ3v) is 3.35. The number of hydrogen-bond acceptors (Lipinski definition) is 3. The number of benzene rings is 1. The van der Waals surface area contributed by atoms with E-state index in [0.29, 0.717) is 13.0 Å². The van der Waals surface area contributed by atoms with E-state index in [2.05, 4.69) is 0 Å². The summed E-state index contributed by atoms with van der Waals surface area (Å²) in [7, 11) is 1.53. The highest BCUT2D eigenvalue weighted by Gasteiger charge is 2.26. The summed E-state index contributed by atoms with van der Waals surface area (Å²) in [6, 6.07) is 6.42. The zero-order valence-corrected chi connectivity index (χ0v) is 12.1. The van der Waals surface area contributed by atoms with Gasteiger partial charge in [-0.05, 0) is 39.0 Å². The van der Waals surface area contributed by atoms with Gasteiger partial charge in [-0.3, -0.25) is 4.79 Å². The molecule has 0 spiro atoms. The molecule has 0 fully saturated rings. The van der Waals surface area contributed by atoms with Crippen molar-refractivity contribution in [3.8, 4) is 0 Å². The van der Waals surface area contributed by atoms with Gasteiger partial charge in [0.1, 0.15) is 11.4 Å². The Morgan fingerprint density at radius 1 is 1.42 bits per heavy atom. The number of carbonyl (C=O) groups is 1. The van der Waals surface area contributed by atoms with Crippen LogP contribution in [0.3, 0.4) is 0 Å². The maximum absolute atomic E-state index is 13.2. The Morgan fingerprint density at radius 2 is 2.11 bits per heavy atom. The molecule has 0 bridgehead atoms. The first kappa shape index (κ1) is 15.6. The van der Waals surface area contributed by atoms with Crippen molar-refractivity contribution in [3.05, 3.63) is 30.1 Å². The lowest BCUT2D eigenvalue weighted by atomic mass is 10.0. The number of rotatable bonds is 7. The molecule has 0 radical (unpaired) electrons. The van der Waals surface area contributed by atoms with Gasteiger partial charge in [0.15, 0.2) is 5.78 Å². The number of anilines is 1. The van der Waals surface area contributed by atoms with Crippen LogP contribution in [0.1, 0.15) is 27.2 Å². The highest BCUT2D eigenvalue weighted by atomic mass is 19.1. The summed E-state index contributed by atoms with van der Waals surface area (Å²) in [5.74, 6) is -0.218. The second-order valence-electron chi connectivity index (χ2n) is 4.95. The van der Waals surface area contributed by atoms with Crippen LogP contribution in [0.4, 0.5) is 10.1 Å². The van der Waals surface area contributed by atoms with Crippen LogP contribution in [0.5, 0.6) is 0 Å². The maximum atomic E-state index is 13.2. The minimum atomic E-state index is -0.763. The average molecular weight is 267 g/mol. The fourth-order valence-corrected chi connectivity index (χ4v) is 1.79. The van der Waals surface area contributed by atoms with Gasteiger partial charge >= 0.3 is 0 Å². The number of ether oxygens (including phenoxy) is 1. The molecule has 0 saturated heterocycles. The Kier molecular flexibility index (Phi) is 5.48. The van der Waals surface area contributed by atoms with Crippen LogP contribution < -0.4 is 4.90 Å². The molecule has 0 aliphatic carbocycles. The van der Waals surface area contributed by atoms with E-state index in [0.717, 1.165) is 12.2 Å². The van der Waals surface area contributed by atoms with Crippen molar-refractivity contribution in [1.29, 1.82) is 0 Å². The van der Waals surface area contributed by atoms with E-state index in [1.54, 1.807) is 19.9 Å². The van der Waals surface area contributed by atoms with Crippen LogP contribution in [-0.4, -0.2) is 31.6 Å². The molecule has 1 rings (SSSR count). The molecule has 0 unspecified atom stereocenters. The number of carbonyl (C=O) groups excluding carboxylic acids is 1. The van der Waals surface area contributed by atoms with Gasteiger partial charge in [-0.25, -0.2) is 4.39 Å². The van der Waals surface area contributed by atoms with E-state index in [1.165, 1.54) is 19.2 Å². The second kappa shape index (κ2) is 6.66. The molecule has 0 heterocycles. The van der Waals surface area contributed by atoms with Crippen molar-refractivity contribution in [2.24, 2.45) is 0 Å². The quantitative estimate of drug-likeness (QED) is 0.760. The molecule has 1 aromatic carbocycles. The summed E-state index contributed by atoms with van der Waals surface area (Å²) in [4.78, 5) is 14.0. The smallest absolute Gasteiger partial charge is 0.165 e. The Bertz CT molecular complexity index is 432. The van der Waals surface area contributed by atoms with Crippen LogP contribution in [0.15, 0.2) is 24.3 Å². The second-order valence-corrected chi connectivity index (χ2v) is 4.95. The standard InChI is InChI=1S/C15H22FNO2/c1-5-17(13-8-6-7-12(16)11-13)10-9-14(18)15(2,3)19-4/h6-8,11H,5,9-10H2,1-4H3. The summed E-state index contributed by atoms with van der Waals surface area (Å²) >= 11 is 0. The molecule has 0 amide bonds. The van der Waals surface area contributed by atoms with Crippen molar-refractivity contribution in [3.63, 3.8) is 0 Å². The monoisotopic (exact) mass is 267 g/mol. The molecule has 4 heteroatoms. The third kappa shape index (κ3) is 4.31. The Morgan fingerprint density at radius 3 is 2.63 bits per heavy atom. The Hall–Kier alpha value is -1.42. The highest BCUT2D eigenvalue weighted by Crippen LogP contribution is 2.17. The minimum absolute atomic E-state index is 0.0462. The number of Topliss-reactive ketones (excluding diaryl/α,β-unsaturated/α-hetero) is 1. The fraction of sp³-hybridized carbons (Fsp3) is 0.533. The first-order valence-electron chi connectivity index (χ1n) is 6.49. The van der Waals surface area contributed by atoms with E-state index in [-0.39, 0.29) is 11.6 Å². The van der Waals surface area contributed by atoms with Gasteiger partial charge in [0.2, 0.25) is 0 Å². The van der Waals surface area contributed by atoms with Crippen molar-refractivity contribution < 1.29 is 13.9 Å². The van der Waals surface area contributed by atoms with E-state index in [1.807, 2.05) is 17.9 Å². The van der Waals surface area contributed by atoms with Crippen molar-refractivity contribution >= 4 is 11.5 Å². The van der Waals surface area contributed by atoms with E-state index in [4.69, 9.17) is 4.74 Å². The lowest BCUT2D eigenvalue weighted by molar-refractivity contribution is -0.136. The molecule has 0 atom stereocenters. The van der Waals surface area contributed by atoms with Gasteiger partial charge in [-0.15, -0.1) is 0 Å². The van der Waals surface area contributed by atoms with E-state index in [9.17, 15) is 9.18 Å². The first-order valence-corrected chi connectivity index (χ1v) is 6.49. The first-order chi connectivity index (χ1) is 8.90. The van der Waals surface area contributed by atoms with E-state index < -0.39 is 5.60 Å². The van der Waals surface area contributed by atoms with Gasteiger partial charge in [-0.1, -0.05) is 6.07 Å². The molecule has 0 aliphatic rings. The van der Waals surface area contributed by atoms with Gasteiger partial charge in [-0.2, -0.15) is 0 Å². The molecular weight excluding hydrogens is 245 g/mol. The molecule has 106 valence electrons. The largest absolute Gasteiger partial charge is 0.371 e. The summed E-state index contributed by atoms with van der Waals surface area (Å²) in [5.41, 5.74) is 0.0342. The van der Waals surface area contributed by atoms with Crippen molar-refractivity contribution in [2.75, 3.05) is 25.1 Å². The molecule has 0 saturated carbocycles. The molecule has 19 heavy (non-hydrogen) atoms. The molecule has 0 aliphatic heterocycles. The predicted octanol–water partition coefficient (Wildman–Crippen LogP) is 3.04. The Balaban J connectivity index is 2.66. The number of halogens is 1. The molecule has 1 aromatic rings. The lowest BCUT2D eigenvalue weighted by Gasteiger charge is -2.26. The average Bonchev–Trinajstić information content (AvgIpc) is 2.39. The number of hydrogen-bond donors (Lipinski definition) is 0. The van der Waals surface area contributed by atoms with E-state index >= 15 is 0 Å². The fourth-order valence-electron chi connectivity index (χ4n) is 1.79.